The summed E-state index contributed by atoms with van der Waals surface area (Å²) >= 11 is 4.08. The predicted molar refractivity (Wildman–Crippen MR) is 94.2 cm³/mol. The number of benzene rings is 1. The van der Waals surface area contributed by atoms with Crippen LogP contribution >= 0.6 is 33.9 Å². The van der Waals surface area contributed by atoms with Crippen LogP contribution in [0.1, 0.15) is 16.0 Å². The molecule has 0 aliphatic heterocycles. The first kappa shape index (κ1) is 14.7. The highest BCUT2D eigenvalue weighted by molar-refractivity contribution is 14.1. The van der Waals surface area contributed by atoms with Gasteiger partial charge in [0.1, 0.15) is 0 Å². The van der Waals surface area contributed by atoms with Crippen LogP contribution in [0.3, 0.4) is 0 Å². The van der Waals surface area contributed by atoms with Gasteiger partial charge in [-0.1, -0.05) is 6.07 Å². The summed E-state index contributed by atoms with van der Waals surface area (Å²) in [5.41, 5.74) is 3.63. The van der Waals surface area contributed by atoms with Crippen molar-refractivity contribution >= 4 is 33.9 Å². The molecule has 0 saturated carbocycles. The summed E-state index contributed by atoms with van der Waals surface area (Å²) < 4.78 is 14.1. The molecule has 4 heteroatoms. The second-order valence-electron chi connectivity index (χ2n) is 4.88. The lowest BCUT2D eigenvalue weighted by Gasteiger charge is -2.04. The van der Waals surface area contributed by atoms with E-state index in [-0.39, 0.29) is 0 Å². The van der Waals surface area contributed by atoms with Crippen molar-refractivity contribution in [2.75, 3.05) is 0 Å². The number of halogens is 2. The molecule has 3 rings (SSSR count). The number of pyridine rings is 1. The maximum atomic E-state index is 12.9. The highest BCUT2D eigenvalue weighted by atomic mass is 127. The molecule has 0 unspecified atom stereocenters. The fourth-order valence-electron chi connectivity index (χ4n) is 2.17. The van der Waals surface area contributed by atoms with Crippen LogP contribution in [0.4, 0.5) is 4.39 Å². The van der Waals surface area contributed by atoms with Crippen LogP contribution in [-0.4, -0.2) is 4.98 Å². The molecule has 2 heterocycles. The molecular formula is C17H13FINS. The summed E-state index contributed by atoms with van der Waals surface area (Å²) in [6, 6.07) is 13.9. The Balaban J connectivity index is 1.85. The van der Waals surface area contributed by atoms with Gasteiger partial charge in [0.25, 0.3) is 0 Å². The number of thiophene rings is 1. The quantitative estimate of drug-likeness (QED) is 0.414. The Hall–Kier alpha value is -1.27. The van der Waals surface area contributed by atoms with Gasteiger partial charge < -0.3 is 0 Å². The van der Waals surface area contributed by atoms with E-state index in [4.69, 9.17) is 0 Å². The molecule has 0 aliphatic rings. The monoisotopic (exact) mass is 409 g/mol. The van der Waals surface area contributed by atoms with E-state index in [0.717, 1.165) is 16.9 Å². The third-order valence-electron chi connectivity index (χ3n) is 3.35. The molecule has 0 amide bonds. The van der Waals surface area contributed by atoms with Crippen LogP contribution in [-0.2, 0) is 6.42 Å². The van der Waals surface area contributed by atoms with Crippen molar-refractivity contribution in [1.29, 1.82) is 0 Å². The Morgan fingerprint density at radius 2 is 2.00 bits per heavy atom. The average Bonchev–Trinajstić information content (AvgIpc) is 2.92. The molecule has 2 aromatic heterocycles. The maximum Gasteiger partial charge on any atom is 0.212 e. The van der Waals surface area contributed by atoms with Crippen LogP contribution in [0.15, 0.2) is 48.7 Å². The zero-order valence-corrected chi connectivity index (χ0v) is 14.4. The molecule has 0 radical (unpaired) electrons. The van der Waals surface area contributed by atoms with Crippen molar-refractivity contribution in [2.24, 2.45) is 0 Å². The summed E-state index contributed by atoms with van der Waals surface area (Å²) in [5, 5.41) is 0. The topological polar surface area (TPSA) is 12.9 Å². The first-order valence-corrected chi connectivity index (χ1v) is 8.47. The van der Waals surface area contributed by atoms with Crippen LogP contribution < -0.4 is 0 Å². The molecule has 0 atom stereocenters. The highest BCUT2D eigenvalue weighted by Gasteiger charge is 2.06. The minimum Gasteiger partial charge on any atom is -0.228 e. The average molecular weight is 409 g/mol. The van der Waals surface area contributed by atoms with Crippen molar-refractivity contribution in [2.45, 2.75) is 13.3 Å². The zero-order chi connectivity index (χ0) is 14.8. The standard InChI is InChI=1S/C17H13FINS/c1-11-2-4-14(19)8-13(11)9-15-5-6-16(21-15)12-3-7-17(18)20-10-12/h2-8,10H,9H2,1H3. The Morgan fingerprint density at radius 1 is 1.14 bits per heavy atom. The molecule has 106 valence electrons. The van der Waals surface area contributed by atoms with Crippen LogP contribution in [0.2, 0.25) is 0 Å². The van der Waals surface area contributed by atoms with E-state index in [0.29, 0.717) is 0 Å². The van der Waals surface area contributed by atoms with Crippen molar-refractivity contribution < 1.29 is 4.39 Å². The number of aryl methyl sites for hydroxylation is 1. The SMILES string of the molecule is Cc1ccc(I)cc1Cc1ccc(-c2ccc(F)nc2)s1. The van der Waals surface area contributed by atoms with Gasteiger partial charge in [-0.15, -0.1) is 11.3 Å². The number of nitrogens with zero attached hydrogens (tertiary/aromatic N) is 1. The molecule has 0 bridgehead atoms. The minimum absolute atomic E-state index is 0.440. The van der Waals surface area contributed by atoms with Gasteiger partial charge in [-0.05, 0) is 77.0 Å². The molecular weight excluding hydrogens is 396 g/mol. The van der Waals surface area contributed by atoms with Gasteiger partial charge in [-0.2, -0.15) is 4.39 Å². The zero-order valence-electron chi connectivity index (χ0n) is 11.4. The summed E-state index contributed by atoms with van der Waals surface area (Å²) in [6.45, 7) is 2.14. The van der Waals surface area contributed by atoms with Gasteiger partial charge in [-0.25, -0.2) is 4.98 Å². The van der Waals surface area contributed by atoms with E-state index >= 15 is 0 Å². The summed E-state index contributed by atoms with van der Waals surface area (Å²) in [6.07, 6.45) is 2.52. The lowest BCUT2D eigenvalue weighted by atomic mass is 10.1. The lowest BCUT2D eigenvalue weighted by molar-refractivity contribution is 0.584. The summed E-state index contributed by atoms with van der Waals surface area (Å²) in [4.78, 5) is 6.14. The summed E-state index contributed by atoms with van der Waals surface area (Å²) in [5.74, 6) is -0.440. The van der Waals surface area contributed by atoms with Crippen molar-refractivity contribution in [3.05, 3.63) is 74.2 Å². The van der Waals surface area contributed by atoms with Gasteiger partial charge in [0.05, 0.1) is 0 Å². The van der Waals surface area contributed by atoms with Gasteiger partial charge >= 0.3 is 0 Å². The molecule has 1 aromatic carbocycles. The minimum atomic E-state index is -0.440. The van der Waals surface area contributed by atoms with Crippen molar-refractivity contribution in [1.82, 2.24) is 4.98 Å². The second kappa shape index (κ2) is 6.23. The van der Waals surface area contributed by atoms with E-state index in [1.54, 1.807) is 23.6 Å². The van der Waals surface area contributed by atoms with Crippen molar-refractivity contribution in [3.8, 4) is 10.4 Å². The number of aromatic nitrogens is 1. The fraction of sp³-hybridized carbons (Fsp3) is 0.118. The first-order valence-electron chi connectivity index (χ1n) is 6.57. The van der Waals surface area contributed by atoms with Gasteiger partial charge in [0, 0.05) is 31.5 Å². The predicted octanol–water partition coefficient (Wildman–Crippen LogP) is 5.45. The third kappa shape index (κ3) is 3.49. The van der Waals surface area contributed by atoms with Crippen LogP contribution in [0, 0.1) is 16.4 Å². The van der Waals surface area contributed by atoms with E-state index in [2.05, 4.69) is 64.8 Å². The molecule has 3 aromatic rings. The number of hydrogen-bond acceptors (Lipinski definition) is 2. The Kier molecular flexibility index (Phi) is 4.35. The Labute approximate surface area is 141 Å². The smallest absolute Gasteiger partial charge is 0.212 e. The van der Waals surface area contributed by atoms with E-state index in [9.17, 15) is 4.39 Å². The molecule has 1 nitrogen and oxygen atoms in total. The van der Waals surface area contributed by atoms with E-state index in [1.165, 1.54) is 25.6 Å². The molecule has 0 saturated heterocycles. The molecule has 0 spiro atoms. The maximum absolute atomic E-state index is 12.9. The van der Waals surface area contributed by atoms with Gasteiger partial charge in [-0.3, -0.25) is 0 Å². The van der Waals surface area contributed by atoms with Gasteiger partial charge in [0.2, 0.25) is 5.95 Å². The largest absolute Gasteiger partial charge is 0.228 e. The number of hydrogen-bond donors (Lipinski definition) is 0. The van der Waals surface area contributed by atoms with E-state index in [1.807, 2.05) is 0 Å². The van der Waals surface area contributed by atoms with Crippen molar-refractivity contribution in [3.63, 3.8) is 0 Å². The first-order chi connectivity index (χ1) is 10.1. The van der Waals surface area contributed by atoms with Gasteiger partial charge in [0.15, 0.2) is 0 Å². The van der Waals surface area contributed by atoms with Crippen LogP contribution in [0.25, 0.3) is 10.4 Å². The molecule has 0 fully saturated rings. The Bertz CT molecular complexity index is 765. The molecule has 21 heavy (non-hydrogen) atoms. The molecule has 0 aliphatic carbocycles. The lowest BCUT2D eigenvalue weighted by Crippen LogP contribution is -1.90. The Morgan fingerprint density at radius 3 is 2.76 bits per heavy atom. The van der Waals surface area contributed by atoms with E-state index < -0.39 is 5.95 Å². The number of rotatable bonds is 3. The second-order valence-corrected chi connectivity index (χ2v) is 7.30. The highest BCUT2D eigenvalue weighted by Crippen LogP contribution is 2.29. The molecule has 0 N–H and O–H groups in total. The third-order valence-corrected chi connectivity index (χ3v) is 5.15. The fourth-order valence-corrected chi connectivity index (χ4v) is 3.74. The van der Waals surface area contributed by atoms with Crippen LogP contribution in [0.5, 0.6) is 0 Å². The summed E-state index contributed by atoms with van der Waals surface area (Å²) in [7, 11) is 0. The normalized spacial score (nSPS) is 10.8.